The number of hydrogen-bond donors (Lipinski definition) is 1. The molecule has 9 heteroatoms. The van der Waals surface area contributed by atoms with Gasteiger partial charge in [0.1, 0.15) is 23.7 Å². The first-order valence-corrected chi connectivity index (χ1v) is 11.7. The Morgan fingerprint density at radius 1 is 1.18 bits per heavy atom. The van der Waals surface area contributed by atoms with E-state index in [0.717, 1.165) is 18.4 Å². The third-order valence-corrected chi connectivity index (χ3v) is 6.53. The lowest BCUT2D eigenvalue weighted by molar-refractivity contribution is 0.0341. The molecule has 4 rings (SSSR count). The van der Waals surface area contributed by atoms with E-state index in [-0.39, 0.29) is 42.8 Å². The Labute approximate surface area is 198 Å². The molecule has 3 unspecified atom stereocenters. The van der Waals surface area contributed by atoms with Gasteiger partial charge in [-0.05, 0) is 57.2 Å². The molecule has 182 valence electrons. The number of nitrogens with one attached hydrogen (secondary N) is 1. The highest BCUT2D eigenvalue weighted by atomic mass is 19.1. The average molecular weight is 472 g/mol. The summed E-state index contributed by atoms with van der Waals surface area (Å²) in [5.74, 6) is -0.143. The number of likely N-dealkylation sites (tertiary alicyclic amines) is 1. The fourth-order valence-electron chi connectivity index (χ4n) is 5.17. The maximum absolute atomic E-state index is 14.8. The van der Waals surface area contributed by atoms with Crippen molar-refractivity contribution in [2.75, 3.05) is 13.1 Å². The second-order valence-electron chi connectivity index (χ2n) is 10.3. The van der Waals surface area contributed by atoms with Gasteiger partial charge in [0.2, 0.25) is 0 Å². The van der Waals surface area contributed by atoms with E-state index in [1.54, 1.807) is 43.8 Å². The number of aromatic nitrogens is 2. The zero-order valence-electron chi connectivity index (χ0n) is 19.7. The number of hydrogen-bond acceptors (Lipinski definition) is 5. The number of carbonyl (C=O) groups excluding carboxylic acids is 1. The minimum atomic E-state index is -1.09. The molecule has 7 nitrogen and oxygen atoms in total. The van der Waals surface area contributed by atoms with Crippen molar-refractivity contribution < 1.29 is 18.3 Å². The van der Waals surface area contributed by atoms with Crippen molar-refractivity contribution in [1.29, 1.82) is 5.26 Å². The van der Waals surface area contributed by atoms with Gasteiger partial charge in [0, 0.05) is 37.8 Å². The molecule has 0 spiro atoms. The summed E-state index contributed by atoms with van der Waals surface area (Å²) >= 11 is 0. The number of piperidine rings is 1. The van der Waals surface area contributed by atoms with Gasteiger partial charge in [-0.2, -0.15) is 10.4 Å². The minimum Gasteiger partial charge on any atom is -0.444 e. The van der Waals surface area contributed by atoms with Crippen molar-refractivity contribution in [2.24, 2.45) is 0 Å². The van der Waals surface area contributed by atoms with Crippen LogP contribution in [0.25, 0.3) is 0 Å². The molecule has 1 saturated carbocycles. The molecular weight excluding hydrogens is 440 g/mol. The van der Waals surface area contributed by atoms with E-state index in [2.05, 4.69) is 21.4 Å². The Balaban J connectivity index is 1.55. The monoisotopic (exact) mass is 471 g/mol. The summed E-state index contributed by atoms with van der Waals surface area (Å²) in [5.41, 5.74) is 0.861. The van der Waals surface area contributed by atoms with Crippen molar-refractivity contribution in [1.82, 2.24) is 20.0 Å². The highest BCUT2D eigenvalue weighted by molar-refractivity contribution is 5.68. The highest BCUT2D eigenvalue weighted by Crippen LogP contribution is 2.44. The number of nitrogens with zero attached hydrogens (tertiary/aromatic N) is 4. The summed E-state index contributed by atoms with van der Waals surface area (Å²) in [5, 5.41) is 16.5. The number of amides is 1. The van der Waals surface area contributed by atoms with Crippen LogP contribution in [0.5, 0.6) is 0 Å². The molecule has 1 aliphatic carbocycles. The quantitative estimate of drug-likeness (QED) is 0.718. The van der Waals surface area contributed by atoms with Crippen molar-refractivity contribution in [2.45, 2.75) is 75.8 Å². The SMILES string of the molecule is CC(C)(C)OC(=O)N[C@@H]1C[C@@H](F)CN(C2CC(c3ccc(F)cc3)CC2n2cc(C#N)cn2)C1. The van der Waals surface area contributed by atoms with Gasteiger partial charge < -0.3 is 10.1 Å². The van der Waals surface area contributed by atoms with Crippen molar-refractivity contribution in [3.05, 3.63) is 53.6 Å². The van der Waals surface area contributed by atoms with E-state index in [1.807, 2.05) is 0 Å². The standard InChI is InChI=1S/C25H31F2N5O2/c1-25(2,3)34-24(33)30-21-10-20(27)14-31(15-21)22-8-18(17-4-6-19(26)7-5-17)9-23(22)32-13-16(11-28)12-29-32/h4-7,12-13,18,20-23H,8-10,14-15H2,1-3H3,(H,30,33)/t18?,20-,21-,22?,23?/m1/s1. The van der Waals surface area contributed by atoms with E-state index in [9.17, 15) is 18.8 Å². The lowest BCUT2D eigenvalue weighted by Crippen LogP contribution is -2.55. The van der Waals surface area contributed by atoms with E-state index in [1.165, 1.54) is 18.3 Å². The molecule has 2 aliphatic rings. The van der Waals surface area contributed by atoms with E-state index < -0.39 is 17.9 Å². The molecule has 2 fully saturated rings. The number of ether oxygens (including phenoxy) is 1. The first kappa shape index (κ1) is 24.1. The first-order valence-electron chi connectivity index (χ1n) is 11.7. The predicted octanol–water partition coefficient (Wildman–Crippen LogP) is 4.32. The molecule has 1 aliphatic heterocycles. The van der Waals surface area contributed by atoms with Gasteiger partial charge >= 0.3 is 6.09 Å². The summed E-state index contributed by atoms with van der Waals surface area (Å²) in [6, 6.07) is 8.10. The minimum absolute atomic E-state index is 0.0528. The van der Waals surface area contributed by atoms with Crippen molar-refractivity contribution in [3.8, 4) is 6.07 Å². The summed E-state index contributed by atoms with van der Waals surface area (Å²) in [4.78, 5) is 14.4. The van der Waals surface area contributed by atoms with Crippen LogP contribution < -0.4 is 5.32 Å². The van der Waals surface area contributed by atoms with Crippen LogP contribution >= 0.6 is 0 Å². The number of halogens is 2. The second-order valence-corrected chi connectivity index (χ2v) is 10.3. The fourth-order valence-corrected chi connectivity index (χ4v) is 5.17. The van der Waals surface area contributed by atoms with Crippen LogP contribution in [0.2, 0.25) is 0 Å². The smallest absolute Gasteiger partial charge is 0.407 e. The molecule has 2 heterocycles. The Bertz CT molecular complexity index is 1040. The van der Waals surface area contributed by atoms with Crippen LogP contribution in [0.4, 0.5) is 13.6 Å². The number of carbonyl (C=O) groups is 1. The third-order valence-electron chi connectivity index (χ3n) is 6.53. The average Bonchev–Trinajstić information content (AvgIpc) is 3.39. The van der Waals surface area contributed by atoms with Crippen LogP contribution in [-0.4, -0.2) is 57.7 Å². The number of alkyl carbamates (subject to hydrolysis) is 1. The number of nitriles is 1. The van der Waals surface area contributed by atoms with Gasteiger partial charge in [-0.25, -0.2) is 13.6 Å². The Kier molecular flexibility index (Phi) is 6.89. The normalized spacial score (nSPS) is 27.8. The molecular formula is C25H31F2N5O2. The summed E-state index contributed by atoms with van der Waals surface area (Å²) in [6.45, 7) is 6.11. The van der Waals surface area contributed by atoms with Gasteiger partial charge in [-0.1, -0.05) is 12.1 Å². The summed E-state index contributed by atoms with van der Waals surface area (Å²) in [7, 11) is 0. The van der Waals surface area contributed by atoms with Crippen LogP contribution in [0.3, 0.4) is 0 Å². The molecule has 34 heavy (non-hydrogen) atoms. The van der Waals surface area contributed by atoms with E-state index in [0.29, 0.717) is 12.1 Å². The van der Waals surface area contributed by atoms with Gasteiger partial charge in [0.15, 0.2) is 0 Å². The fraction of sp³-hybridized carbons (Fsp3) is 0.560. The third kappa shape index (κ3) is 5.73. The maximum atomic E-state index is 14.8. The lowest BCUT2D eigenvalue weighted by Gasteiger charge is -2.40. The van der Waals surface area contributed by atoms with Crippen LogP contribution in [0, 0.1) is 17.1 Å². The highest BCUT2D eigenvalue weighted by Gasteiger charge is 2.43. The molecule has 1 amide bonds. The van der Waals surface area contributed by atoms with Gasteiger partial charge in [0.05, 0.1) is 17.8 Å². The molecule has 2 aromatic rings. The Morgan fingerprint density at radius 3 is 2.53 bits per heavy atom. The van der Waals surface area contributed by atoms with Gasteiger partial charge in [-0.3, -0.25) is 9.58 Å². The zero-order chi connectivity index (χ0) is 24.5. The first-order chi connectivity index (χ1) is 16.1. The van der Waals surface area contributed by atoms with Crippen LogP contribution in [0.15, 0.2) is 36.7 Å². The summed E-state index contributed by atoms with van der Waals surface area (Å²) in [6.07, 6.45) is 3.32. The molecule has 5 atom stereocenters. The van der Waals surface area contributed by atoms with Gasteiger partial charge in [0.25, 0.3) is 0 Å². The zero-order valence-corrected chi connectivity index (χ0v) is 19.7. The van der Waals surface area contributed by atoms with Crippen LogP contribution in [0.1, 0.15) is 63.1 Å². The van der Waals surface area contributed by atoms with E-state index in [4.69, 9.17) is 4.74 Å². The lowest BCUT2D eigenvalue weighted by atomic mass is 9.96. The predicted molar refractivity (Wildman–Crippen MR) is 122 cm³/mol. The number of rotatable bonds is 4. The van der Waals surface area contributed by atoms with Crippen molar-refractivity contribution >= 4 is 6.09 Å². The second kappa shape index (κ2) is 9.71. The Morgan fingerprint density at radius 2 is 1.88 bits per heavy atom. The topological polar surface area (TPSA) is 83.2 Å². The molecule has 1 aromatic carbocycles. The Hall–Kier alpha value is -2.99. The molecule has 1 N–H and O–H groups in total. The van der Waals surface area contributed by atoms with E-state index >= 15 is 0 Å². The largest absolute Gasteiger partial charge is 0.444 e. The van der Waals surface area contributed by atoms with Crippen LogP contribution in [-0.2, 0) is 4.74 Å². The molecule has 1 saturated heterocycles. The molecule has 1 aromatic heterocycles. The molecule has 0 bridgehead atoms. The van der Waals surface area contributed by atoms with Gasteiger partial charge in [-0.15, -0.1) is 0 Å². The summed E-state index contributed by atoms with van der Waals surface area (Å²) < 4.78 is 35.5. The number of alkyl halides is 1. The maximum Gasteiger partial charge on any atom is 0.407 e. The molecule has 0 radical (unpaired) electrons. The van der Waals surface area contributed by atoms with Crippen molar-refractivity contribution in [3.63, 3.8) is 0 Å². The number of benzene rings is 1.